The van der Waals surface area contributed by atoms with Crippen LogP contribution in [-0.4, -0.2) is 40.0 Å². The summed E-state index contributed by atoms with van der Waals surface area (Å²) in [6, 6.07) is 6.08. The standard InChI is InChI=1S/C18H19FN2O3/c1-11-15(9-13-2-3-14(19)10-16(13)20-11)18(24)21-6-4-12(5-7-21)8-17(22)23/h2-3,9-10,12H,4-8H2,1H3,(H,22,23). The van der Waals surface area contributed by atoms with E-state index >= 15 is 0 Å². The molecule has 1 fully saturated rings. The van der Waals surface area contributed by atoms with Crippen molar-refractivity contribution in [3.05, 3.63) is 41.3 Å². The highest BCUT2D eigenvalue weighted by Crippen LogP contribution is 2.24. The van der Waals surface area contributed by atoms with E-state index in [1.165, 1.54) is 12.1 Å². The minimum absolute atomic E-state index is 0.0972. The molecule has 1 aliphatic rings. The normalized spacial score (nSPS) is 15.7. The fourth-order valence-electron chi connectivity index (χ4n) is 3.21. The number of carboxylic acid groups (broad SMARTS) is 1. The number of nitrogens with zero attached hydrogens (tertiary/aromatic N) is 2. The molecule has 0 atom stereocenters. The van der Waals surface area contributed by atoms with E-state index in [2.05, 4.69) is 4.98 Å². The maximum absolute atomic E-state index is 13.3. The van der Waals surface area contributed by atoms with E-state index in [1.807, 2.05) is 0 Å². The van der Waals surface area contributed by atoms with E-state index in [4.69, 9.17) is 5.11 Å². The van der Waals surface area contributed by atoms with Gasteiger partial charge in [0.15, 0.2) is 0 Å². The highest BCUT2D eigenvalue weighted by molar-refractivity contribution is 5.98. The molecule has 2 aromatic rings. The maximum atomic E-state index is 13.3. The molecule has 126 valence electrons. The van der Waals surface area contributed by atoms with Gasteiger partial charge in [-0.1, -0.05) is 0 Å². The summed E-state index contributed by atoms with van der Waals surface area (Å²) in [5.74, 6) is -1.11. The summed E-state index contributed by atoms with van der Waals surface area (Å²) in [5.41, 5.74) is 1.63. The van der Waals surface area contributed by atoms with Gasteiger partial charge in [0.2, 0.25) is 0 Å². The zero-order valence-corrected chi connectivity index (χ0v) is 13.5. The van der Waals surface area contributed by atoms with Crippen molar-refractivity contribution in [2.24, 2.45) is 5.92 Å². The van der Waals surface area contributed by atoms with Gasteiger partial charge in [0.1, 0.15) is 5.82 Å². The number of amides is 1. The number of carbonyl (C=O) groups is 2. The second kappa shape index (κ2) is 6.55. The Hall–Kier alpha value is -2.50. The van der Waals surface area contributed by atoms with Crippen LogP contribution < -0.4 is 0 Å². The Labute approximate surface area is 139 Å². The number of piperidine rings is 1. The quantitative estimate of drug-likeness (QED) is 0.939. The van der Waals surface area contributed by atoms with Crippen molar-refractivity contribution in [2.75, 3.05) is 13.1 Å². The molecular formula is C18H19FN2O3. The Kier molecular flexibility index (Phi) is 4.46. The predicted molar refractivity (Wildman–Crippen MR) is 87.3 cm³/mol. The smallest absolute Gasteiger partial charge is 0.303 e. The van der Waals surface area contributed by atoms with Gasteiger partial charge in [0.25, 0.3) is 5.91 Å². The van der Waals surface area contributed by atoms with E-state index in [1.54, 1.807) is 24.0 Å². The van der Waals surface area contributed by atoms with Gasteiger partial charge in [-0.3, -0.25) is 14.6 Å². The molecule has 0 spiro atoms. The fourth-order valence-corrected chi connectivity index (χ4v) is 3.21. The van der Waals surface area contributed by atoms with Crippen LogP contribution in [0.15, 0.2) is 24.3 Å². The third-order valence-electron chi connectivity index (χ3n) is 4.57. The Morgan fingerprint density at radius 3 is 2.67 bits per heavy atom. The highest BCUT2D eigenvalue weighted by atomic mass is 19.1. The number of aliphatic carboxylic acids is 1. The maximum Gasteiger partial charge on any atom is 0.303 e. The number of rotatable bonds is 3. The van der Waals surface area contributed by atoms with Crippen molar-refractivity contribution in [1.29, 1.82) is 0 Å². The van der Waals surface area contributed by atoms with Crippen LogP contribution in [0.25, 0.3) is 10.9 Å². The molecule has 0 bridgehead atoms. The van der Waals surface area contributed by atoms with Crippen LogP contribution in [0.1, 0.15) is 35.3 Å². The second-order valence-electron chi connectivity index (χ2n) is 6.29. The first kappa shape index (κ1) is 16.4. The molecule has 24 heavy (non-hydrogen) atoms. The van der Waals surface area contributed by atoms with Crippen LogP contribution in [0.2, 0.25) is 0 Å². The first-order valence-corrected chi connectivity index (χ1v) is 8.02. The molecule has 1 amide bonds. The Balaban J connectivity index is 1.78. The molecule has 6 heteroatoms. The molecule has 1 saturated heterocycles. The Bertz CT molecular complexity index is 798. The van der Waals surface area contributed by atoms with Gasteiger partial charge in [-0.25, -0.2) is 4.39 Å². The van der Waals surface area contributed by atoms with Crippen molar-refractivity contribution in [2.45, 2.75) is 26.2 Å². The average Bonchev–Trinajstić information content (AvgIpc) is 2.53. The number of aryl methyl sites for hydroxylation is 1. The largest absolute Gasteiger partial charge is 0.481 e. The van der Waals surface area contributed by atoms with Crippen LogP contribution in [0.4, 0.5) is 4.39 Å². The number of benzene rings is 1. The van der Waals surface area contributed by atoms with Crippen LogP contribution in [-0.2, 0) is 4.79 Å². The molecule has 0 unspecified atom stereocenters. The summed E-state index contributed by atoms with van der Waals surface area (Å²) >= 11 is 0. The van der Waals surface area contributed by atoms with Crippen molar-refractivity contribution < 1.29 is 19.1 Å². The third-order valence-corrected chi connectivity index (χ3v) is 4.57. The molecule has 5 nitrogen and oxygen atoms in total. The van der Waals surface area contributed by atoms with Gasteiger partial charge < -0.3 is 10.0 Å². The molecule has 1 N–H and O–H groups in total. The van der Waals surface area contributed by atoms with Crippen molar-refractivity contribution in [1.82, 2.24) is 9.88 Å². The topological polar surface area (TPSA) is 70.5 Å². The monoisotopic (exact) mass is 330 g/mol. The number of likely N-dealkylation sites (tertiary alicyclic amines) is 1. The summed E-state index contributed by atoms with van der Waals surface area (Å²) in [7, 11) is 0. The lowest BCUT2D eigenvalue weighted by Crippen LogP contribution is -2.39. The lowest BCUT2D eigenvalue weighted by atomic mass is 9.93. The van der Waals surface area contributed by atoms with E-state index < -0.39 is 5.97 Å². The van der Waals surface area contributed by atoms with E-state index in [0.717, 1.165) is 5.39 Å². The van der Waals surface area contributed by atoms with E-state index in [-0.39, 0.29) is 24.1 Å². The first-order valence-electron chi connectivity index (χ1n) is 8.02. The van der Waals surface area contributed by atoms with Crippen molar-refractivity contribution in [3.8, 4) is 0 Å². The van der Waals surface area contributed by atoms with E-state index in [0.29, 0.717) is 42.7 Å². The van der Waals surface area contributed by atoms with Gasteiger partial charge in [-0.2, -0.15) is 0 Å². The number of carboxylic acids is 1. The highest BCUT2D eigenvalue weighted by Gasteiger charge is 2.26. The lowest BCUT2D eigenvalue weighted by Gasteiger charge is -2.31. The summed E-state index contributed by atoms with van der Waals surface area (Å²) in [6.45, 7) is 2.85. The van der Waals surface area contributed by atoms with Gasteiger partial charge in [-0.05, 0) is 43.9 Å². The Morgan fingerprint density at radius 1 is 1.29 bits per heavy atom. The average molecular weight is 330 g/mol. The predicted octanol–water partition coefficient (Wildman–Crippen LogP) is 3.01. The number of halogens is 1. The molecule has 1 aliphatic heterocycles. The molecule has 2 heterocycles. The number of aromatic nitrogens is 1. The number of hydrogen-bond donors (Lipinski definition) is 1. The zero-order chi connectivity index (χ0) is 17.3. The number of carbonyl (C=O) groups excluding carboxylic acids is 1. The number of hydrogen-bond acceptors (Lipinski definition) is 3. The SMILES string of the molecule is Cc1nc2cc(F)ccc2cc1C(=O)N1CCC(CC(=O)O)CC1. The molecule has 0 saturated carbocycles. The first-order chi connectivity index (χ1) is 11.4. The Morgan fingerprint density at radius 2 is 2.00 bits per heavy atom. The van der Waals surface area contributed by atoms with Gasteiger partial charge >= 0.3 is 5.97 Å². The summed E-state index contributed by atoms with van der Waals surface area (Å²) < 4.78 is 13.3. The fraction of sp³-hybridized carbons (Fsp3) is 0.389. The summed E-state index contributed by atoms with van der Waals surface area (Å²) in [5, 5.41) is 9.59. The van der Waals surface area contributed by atoms with E-state index in [9.17, 15) is 14.0 Å². The van der Waals surface area contributed by atoms with Crippen LogP contribution in [0.5, 0.6) is 0 Å². The second-order valence-corrected chi connectivity index (χ2v) is 6.29. The van der Waals surface area contributed by atoms with Crippen LogP contribution in [0.3, 0.4) is 0 Å². The number of fused-ring (bicyclic) bond motifs is 1. The zero-order valence-electron chi connectivity index (χ0n) is 13.5. The lowest BCUT2D eigenvalue weighted by molar-refractivity contribution is -0.138. The molecule has 0 radical (unpaired) electrons. The van der Waals surface area contributed by atoms with Gasteiger partial charge in [-0.15, -0.1) is 0 Å². The molecule has 1 aromatic carbocycles. The molecule has 0 aliphatic carbocycles. The van der Waals surface area contributed by atoms with Crippen LogP contribution >= 0.6 is 0 Å². The summed E-state index contributed by atoms with van der Waals surface area (Å²) in [6.07, 6.45) is 1.55. The minimum atomic E-state index is -0.790. The van der Waals surface area contributed by atoms with Crippen molar-refractivity contribution >= 4 is 22.8 Å². The molecular weight excluding hydrogens is 311 g/mol. The third kappa shape index (κ3) is 3.37. The minimum Gasteiger partial charge on any atom is -0.481 e. The molecule has 1 aromatic heterocycles. The number of pyridine rings is 1. The van der Waals surface area contributed by atoms with Crippen molar-refractivity contribution in [3.63, 3.8) is 0 Å². The van der Waals surface area contributed by atoms with Crippen LogP contribution in [0, 0.1) is 18.7 Å². The summed E-state index contributed by atoms with van der Waals surface area (Å²) in [4.78, 5) is 29.6. The van der Waals surface area contributed by atoms with Gasteiger partial charge in [0, 0.05) is 31.0 Å². The van der Waals surface area contributed by atoms with Gasteiger partial charge in [0.05, 0.1) is 16.8 Å². The molecule has 3 rings (SSSR count).